The van der Waals surface area contributed by atoms with Crippen molar-refractivity contribution in [2.75, 3.05) is 7.11 Å². The van der Waals surface area contributed by atoms with Crippen LogP contribution >= 0.6 is 0 Å². The molecule has 2 aromatic carbocycles. The number of ether oxygens (including phenoxy) is 1. The van der Waals surface area contributed by atoms with Crippen LogP contribution in [0.15, 0.2) is 73.3 Å². The van der Waals surface area contributed by atoms with E-state index in [-0.39, 0.29) is 5.75 Å². The van der Waals surface area contributed by atoms with Gasteiger partial charge in [0.25, 0.3) is 0 Å². The van der Waals surface area contributed by atoms with Crippen molar-refractivity contribution in [1.29, 1.82) is 0 Å². The van der Waals surface area contributed by atoms with Gasteiger partial charge in [0.2, 0.25) is 0 Å². The summed E-state index contributed by atoms with van der Waals surface area (Å²) in [6, 6.07) is 14.8. The van der Waals surface area contributed by atoms with E-state index >= 15 is 0 Å². The molecular weight excluding hydrogens is 352 g/mol. The highest BCUT2D eigenvalue weighted by Gasteiger charge is 2.10. The Bertz CT molecular complexity index is 1110. The molecule has 0 aliphatic carbocycles. The van der Waals surface area contributed by atoms with Crippen LogP contribution in [-0.2, 0) is 6.42 Å². The van der Waals surface area contributed by atoms with Gasteiger partial charge in [0, 0.05) is 29.9 Å². The summed E-state index contributed by atoms with van der Waals surface area (Å²) in [5.74, 6) is 0.919. The zero-order chi connectivity index (χ0) is 19.3. The number of para-hydroxylation sites is 2. The highest BCUT2D eigenvalue weighted by Crippen LogP contribution is 2.28. The first-order valence-electron chi connectivity index (χ1n) is 8.78. The van der Waals surface area contributed by atoms with Crippen LogP contribution in [0.25, 0.3) is 22.5 Å². The number of aromatic nitrogens is 4. The zero-order valence-electron chi connectivity index (χ0n) is 15.3. The average molecular weight is 370 g/mol. The molecule has 138 valence electrons. The van der Waals surface area contributed by atoms with Gasteiger partial charge in [-0.2, -0.15) is 0 Å². The van der Waals surface area contributed by atoms with Crippen LogP contribution in [0, 0.1) is 0 Å². The van der Waals surface area contributed by atoms with Gasteiger partial charge < -0.3 is 9.84 Å². The first-order valence-corrected chi connectivity index (χ1v) is 8.78. The predicted octanol–water partition coefficient (Wildman–Crippen LogP) is 3.91. The Morgan fingerprint density at radius 3 is 1.96 bits per heavy atom. The molecule has 4 aromatic rings. The fourth-order valence-electron chi connectivity index (χ4n) is 2.97. The summed E-state index contributed by atoms with van der Waals surface area (Å²) < 4.78 is 5.42. The van der Waals surface area contributed by atoms with Crippen molar-refractivity contribution in [1.82, 2.24) is 19.9 Å². The number of phenols is 1. The molecule has 0 radical (unpaired) electrons. The Hall–Kier alpha value is -3.80. The third-order valence-electron chi connectivity index (χ3n) is 4.29. The first-order chi connectivity index (χ1) is 13.7. The molecule has 0 amide bonds. The van der Waals surface area contributed by atoms with Crippen molar-refractivity contribution in [3.63, 3.8) is 0 Å². The maximum Gasteiger partial charge on any atom is 0.128 e. The second-order valence-electron chi connectivity index (χ2n) is 6.19. The summed E-state index contributed by atoms with van der Waals surface area (Å²) in [6.07, 6.45) is 7.24. The van der Waals surface area contributed by atoms with Crippen molar-refractivity contribution in [2.24, 2.45) is 0 Å². The number of hydrogen-bond donors (Lipinski definition) is 1. The third kappa shape index (κ3) is 3.66. The summed E-state index contributed by atoms with van der Waals surface area (Å²) in [4.78, 5) is 17.9. The number of benzene rings is 2. The molecule has 0 spiro atoms. The largest absolute Gasteiger partial charge is 0.507 e. The molecule has 28 heavy (non-hydrogen) atoms. The Morgan fingerprint density at radius 2 is 1.32 bits per heavy atom. The molecule has 0 unspecified atom stereocenters. The molecule has 0 bridgehead atoms. The van der Waals surface area contributed by atoms with E-state index in [4.69, 9.17) is 9.72 Å². The highest BCUT2D eigenvalue weighted by molar-refractivity contribution is 5.67. The summed E-state index contributed by atoms with van der Waals surface area (Å²) in [5.41, 5.74) is 4.39. The van der Waals surface area contributed by atoms with Crippen molar-refractivity contribution in [2.45, 2.75) is 6.42 Å². The number of rotatable bonds is 5. The summed E-state index contributed by atoms with van der Waals surface area (Å²) >= 11 is 0. The van der Waals surface area contributed by atoms with E-state index in [1.807, 2.05) is 36.4 Å². The maximum atomic E-state index is 10.1. The lowest BCUT2D eigenvalue weighted by atomic mass is 10.1. The lowest BCUT2D eigenvalue weighted by Crippen LogP contribution is -2.00. The SMILES string of the molecule is COc1ccccc1-c1cncc(Cc2cncc(-c3ccccc3O)n2)n1. The lowest BCUT2D eigenvalue weighted by Gasteiger charge is -2.09. The molecule has 2 heterocycles. The molecule has 2 aromatic heterocycles. The van der Waals surface area contributed by atoms with Crippen molar-refractivity contribution in [3.8, 4) is 34.0 Å². The van der Waals surface area contributed by atoms with Gasteiger partial charge in [0.05, 0.1) is 42.3 Å². The zero-order valence-corrected chi connectivity index (χ0v) is 15.3. The quantitative estimate of drug-likeness (QED) is 0.574. The number of nitrogens with zero attached hydrogens (tertiary/aromatic N) is 4. The van der Waals surface area contributed by atoms with Crippen LogP contribution < -0.4 is 4.74 Å². The van der Waals surface area contributed by atoms with E-state index in [0.717, 1.165) is 28.4 Å². The molecule has 0 aliphatic heterocycles. The third-order valence-corrected chi connectivity index (χ3v) is 4.29. The van der Waals surface area contributed by atoms with Crippen LogP contribution in [0.5, 0.6) is 11.5 Å². The summed E-state index contributed by atoms with van der Waals surface area (Å²) in [5, 5.41) is 10.1. The van der Waals surface area contributed by atoms with Crippen LogP contribution in [-0.4, -0.2) is 32.2 Å². The Labute approximate surface area is 162 Å². The van der Waals surface area contributed by atoms with Gasteiger partial charge in [-0.1, -0.05) is 24.3 Å². The number of methoxy groups -OCH3 is 1. The van der Waals surface area contributed by atoms with Gasteiger partial charge in [0.1, 0.15) is 11.5 Å². The van der Waals surface area contributed by atoms with Gasteiger partial charge in [-0.15, -0.1) is 0 Å². The number of hydrogen-bond acceptors (Lipinski definition) is 6. The fraction of sp³-hybridized carbons (Fsp3) is 0.0909. The minimum absolute atomic E-state index is 0.173. The Kier molecular flexibility index (Phi) is 4.93. The molecule has 0 aliphatic rings. The fourth-order valence-corrected chi connectivity index (χ4v) is 2.97. The Balaban J connectivity index is 1.64. The Morgan fingerprint density at radius 1 is 0.750 bits per heavy atom. The highest BCUT2D eigenvalue weighted by atomic mass is 16.5. The first kappa shape index (κ1) is 17.6. The second-order valence-corrected chi connectivity index (χ2v) is 6.19. The van der Waals surface area contributed by atoms with Crippen LogP contribution in [0.3, 0.4) is 0 Å². The second kappa shape index (κ2) is 7.84. The van der Waals surface area contributed by atoms with Crippen LogP contribution in [0.4, 0.5) is 0 Å². The van der Waals surface area contributed by atoms with Gasteiger partial charge >= 0.3 is 0 Å². The molecule has 4 rings (SSSR count). The van der Waals surface area contributed by atoms with Gasteiger partial charge in [-0.25, -0.2) is 9.97 Å². The normalized spacial score (nSPS) is 10.6. The molecule has 1 N–H and O–H groups in total. The molecule has 0 fully saturated rings. The average Bonchev–Trinajstić information content (AvgIpc) is 2.74. The standard InChI is InChI=1S/C22H18N4O2/c1-28-22-9-5-3-7-18(22)20-14-24-12-16(26-20)10-15-11-23-13-19(25-15)17-6-2-4-8-21(17)27/h2-9,11-14,27H,10H2,1H3. The molecular formula is C22H18N4O2. The molecule has 0 saturated carbocycles. The van der Waals surface area contributed by atoms with Gasteiger partial charge in [-0.3, -0.25) is 9.97 Å². The van der Waals surface area contributed by atoms with Crippen molar-refractivity contribution >= 4 is 0 Å². The minimum atomic E-state index is 0.173. The molecule has 6 nitrogen and oxygen atoms in total. The van der Waals surface area contributed by atoms with E-state index < -0.39 is 0 Å². The minimum Gasteiger partial charge on any atom is -0.507 e. The summed E-state index contributed by atoms with van der Waals surface area (Å²) in [6.45, 7) is 0. The van der Waals surface area contributed by atoms with E-state index in [2.05, 4.69) is 15.0 Å². The maximum absolute atomic E-state index is 10.1. The number of phenolic OH excluding ortho intramolecular Hbond substituents is 1. The van der Waals surface area contributed by atoms with Gasteiger partial charge in [-0.05, 0) is 24.3 Å². The topological polar surface area (TPSA) is 81.0 Å². The van der Waals surface area contributed by atoms with Crippen LogP contribution in [0.1, 0.15) is 11.4 Å². The monoisotopic (exact) mass is 370 g/mol. The number of aromatic hydroxyl groups is 1. The predicted molar refractivity (Wildman–Crippen MR) is 106 cm³/mol. The van der Waals surface area contributed by atoms with E-state index in [1.165, 1.54) is 0 Å². The van der Waals surface area contributed by atoms with E-state index in [0.29, 0.717) is 17.7 Å². The van der Waals surface area contributed by atoms with Crippen molar-refractivity contribution < 1.29 is 9.84 Å². The van der Waals surface area contributed by atoms with E-state index in [1.54, 1.807) is 44.0 Å². The molecule has 0 saturated heterocycles. The van der Waals surface area contributed by atoms with Crippen molar-refractivity contribution in [3.05, 3.63) is 84.7 Å². The lowest BCUT2D eigenvalue weighted by molar-refractivity contribution is 0.416. The molecule has 6 heteroatoms. The van der Waals surface area contributed by atoms with Gasteiger partial charge in [0.15, 0.2) is 0 Å². The molecule has 0 atom stereocenters. The smallest absolute Gasteiger partial charge is 0.128 e. The van der Waals surface area contributed by atoms with Crippen LogP contribution in [0.2, 0.25) is 0 Å². The summed E-state index contributed by atoms with van der Waals surface area (Å²) in [7, 11) is 1.64. The van der Waals surface area contributed by atoms with E-state index in [9.17, 15) is 5.11 Å².